The zero-order valence-electron chi connectivity index (χ0n) is 18.0. The van der Waals surface area contributed by atoms with Crippen molar-refractivity contribution in [2.24, 2.45) is 0 Å². The summed E-state index contributed by atoms with van der Waals surface area (Å²) in [6, 6.07) is 19.7. The maximum atomic E-state index is 6.08. The van der Waals surface area contributed by atoms with E-state index in [0.29, 0.717) is 12.1 Å². The molecule has 2 saturated heterocycles. The molecular weight excluding hydrogens is 396 g/mol. The summed E-state index contributed by atoms with van der Waals surface area (Å²) in [5.74, 6) is 0. The molecule has 2 aliphatic rings. The minimum absolute atomic E-state index is 0.209. The Hall–Kier alpha value is -1.43. The van der Waals surface area contributed by atoms with Gasteiger partial charge in [0.2, 0.25) is 0 Å². The molecule has 0 aliphatic carbocycles. The Morgan fingerprint density at radius 2 is 1.80 bits per heavy atom. The van der Waals surface area contributed by atoms with Crippen molar-refractivity contribution < 1.29 is 9.47 Å². The number of methoxy groups -OCH3 is 1. The van der Waals surface area contributed by atoms with Crippen molar-refractivity contribution in [3.63, 3.8) is 0 Å². The molecule has 2 fully saturated rings. The van der Waals surface area contributed by atoms with Gasteiger partial charge in [0.05, 0.1) is 18.8 Å². The van der Waals surface area contributed by atoms with Crippen LogP contribution in [0.3, 0.4) is 0 Å². The predicted octanol–water partition coefficient (Wildman–Crippen LogP) is 4.26. The van der Waals surface area contributed by atoms with Gasteiger partial charge >= 0.3 is 0 Å². The molecule has 2 heterocycles. The van der Waals surface area contributed by atoms with Gasteiger partial charge < -0.3 is 9.47 Å². The van der Waals surface area contributed by atoms with Crippen LogP contribution in [-0.4, -0.2) is 67.4 Å². The van der Waals surface area contributed by atoms with Gasteiger partial charge in [0.1, 0.15) is 0 Å². The molecule has 2 aromatic rings. The predicted molar refractivity (Wildman–Crippen MR) is 122 cm³/mol. The second kappa shape index (κ2) is 10.3. The highest BCUT2D eigenvalue weighted by atomic mass is 35.5. The number of halogens is 1. The third-order valence-corrected chi connectivity index (χ3v) is 6.73. The lowest BCUT2D eigenvalue weighted by molar-refractivity contribution is -0.115. The maximum Gasteiger partial charge on any atom is 0.0853 e. The lowest BCUT2D eigenvalue weighted by Crippen LogP contribution is -2.61. The van der Waals surface area contributed by atoms with Crippen LogP contribution in [0.15, 0.2) is 54.6 Å². The van der Waals surface area contributed by atoms with Crippen LogP contribution in [0.1, 0.15) is 24.5 Å². The summed E-state index contributed by atoms with van der Waals surface area (Å²) in [4.78, 5) is 5.19. The van der Waals surface area contributed by atoms with E-state index in [1.165, 1.54) is 11.1 Å². The highest BCUT2D eigenvalue weighted by Crippen LogP contribution is 2.27. The molecule has 0 bridgehead atoms. The van der Waals surface area contributed by atoms with Gasteiger partial charge in [-0.1, -0.05) is 54.1 Å². The van der Waals surface area contributed by atoms with Crippen LogP contribution in [0.25, 0.3) is 0 Å². The Balaban J connectivity index is 1.44. The summed E-state index contributed by atoms with van der Waals surface area (Å²) in [5, 5.41) is 0.786. The fraction of sp³-hybridized carbons (Fsp3) is 0.520. The molecule has 2 unspecified atom stereocenters. The van der Waals surface area contributed by atoms with E-state index in [0.717, 1.165) is 50.7 Å². The van der Waals surface area contributed by atoms with Crippen molar-refractivity contribution in [3.8, 4) is 0 Å². The highest BCUT2D eigenvalue weighted by Gasteiger charge is 2.39. The fourth-order valence-electron chi connectivity index (χ4n) is 4.91. The number of likely N-dealkylation sites (tertiary alicyclic amines) is 1. The molecule has 4 nitrogen and oxygen atoms in total. The van der Waals surface area contributed by atoms with E-state index in [1.54, 1.807) is 0 Å². The normalized spacial score (nSPS) is 28.5. The smallest absolute Gasteiger partial charge is 0.0853 e. The van der Waals surface area contributed by atoms with Crippen LogP contribution in [0.2, 0.25) is 5.02 Å². The molecule has 0 amide bonds. The summed E-state index contributed by atoms with van der Waals surface area (Å²) < 4.78 is 12.1. The van der Waals surface area contributed by atoms with E-state index in [2.05, 4.69) is 59.2 Å². The van der Waals surface area contributed by atoms with Gasteiger partial charge in [-0.25, -0.2) is 0 Å². The number of morpholine rings is 1. The second-order valence-corrected chi connectivity index (χ2v) is 9.11. The van der Waals surface area contributed by atoms with Crippen molar-refractivity contribution in [2.75, 3.05) is 33.4 Å². The molecular formula is C25H33ClN2O2. The summed E-state index contributed by atoms with van der Waals surface area (Å²) in [6.07, 6.45) is 2.56. The maximum absolute atomic E-state index is 6.08. The van der Waals surface area contributed by atoms with Crippen LogP contribution in [0.5, 0.6) is 0 Å². The number of piperidine rings is 1. The van der Waals surface area contributed by atoms with E-state index in [1.807, 2.05) is 19.2 Å². The monoisotopic (exact) mass is 428 g/mol. The minimum atomic E-state index is 0.209. The van der Waals surface area contributed by atoms with Gasteiger partial charge in [0.25, 0.3) is 0 Å². The van der Waals surface area contributed by atoms with Crippen LogP contribution in [0.4, 0.5) is 0 Å². The van der Waals surface area contributed by atoms with Gasteiger partial charge in [0.15, 0.2) is 0 Å². The van der Waals surface area contributed by atoms with Crippen LogP contribution < -0.4 is 0 Å². The first-order valence-corrected chi connectivity index (χ1v) is 11.4. The van der Waals surface area contributed by atoms with Gasteiger partial charge in [-0.3, -0.25) is 9.80 Å². The van der Waals surface area contributed by atoms with Crippen molar-refractivity contribution in [2.45, 2.75) is 50.6 Å². The number of hydrogen-bond acceptors (Lipinski definition) is 4. The first-order valence-electron chi connectivity index (χ1n) is 11.0. The second-order valence-electron chi connectivity index (χ2n) is 8.68. The van der Waals surface area contributed by atoms with E-state index < -0.39 is 0 Å². The van der Waals surface area contributed by atoms with Crippen molar-refractivity contribution in [1.82, 2.24) is 9.80 Å². The number of nitrogens with zero attached hydrogens (tertiary/aromatic N) is 2. The molecule has 4 atom stereocenters. The first kappa shape index (κ1) is 21.8. The first-order chi connectivity index (χ1) is 14.6. The minimum Gasteiger partial charge on any atom is -0.378 e. The zero-order valence-corrected chi connectivity index (χ0v) is 18.8. The molecule has 5 heteroatoms. The summed E-state index contributed by atoms with van der Waals surface area (Å²) in [5.41, 5.74) is 2.68. The topological polar surface area (TPSA) is 24.9 Å². The molecule has 30 heavy (non-hydrogen) atoms. The van der Waals surface area contributed by atoms with Crippen molar-refractivity contribution in [1.29, 1.82) is 0 Å². The van der Waals surface area contributed by atoms with Crippen LogP contribution in [0, 0.1) is 0 Å². The standard InChI is InChI=1S/C25H33ClN2O2/c1-19-15-28(23(18-30-19)14-20-8-10-22(26)11-9-20)24-12-13-27(17-25(24)29-2)16-21-6-4-3-5-7-21/h3-11,19,23-25H,12-18H2,1-2H3/t19-,23?,24?,25-/m0/s1. The summed E-state index contributed by atoms with van der Waals surface area (Å²) in [6.45, 7) is 6.96. The Morgan fingerprint density at radius 3 is 2.53 bits per heavy atom. The quantitative estimate of drug-likeness (QED) is 0.686. The number of rotatable bonds is 6. The third kappa shape index (κ3) is 5.43. The Kier molecular flexibility index (Phi) is 7.45. The number of hydrogen-bond donors (Lipinski definition) is 0. The summed E-state index contributed by atoms with van der Waals surface area (Å²) >= 11 is 6.08. The molecule has 162 valence electrons. The van der Waals surface area contributed by atoms with Crippen molar-refractivity contribution >= 4 is 11.6 Å². The molecule has 4 rings (SSSR count). The zero-order chi connectivity index (χ0) is 20.9. The molecule has 2 aromatic carbocycles. The van der Waals surface area contributed by atoms with E-state index in [-0.39, 0.29) is 12.2 Å². The lowest BCUT2D eigenvalue weighted by Gasteiger charge is -2.49. The van der Waals surface area contributed by atoms with E-state index >= 15 is 0 Å². The lowest BCUT2D eigenvalue weighted by atomic mass is 9.94. The Morgan fingerprint density at radius 1 is 1.03 bits per heavy atom. The molecule has 2 aliphatic heterocycles. The van der Waals surface area contributed by atoms with E-state index in [4.69, 9.17) is 21.1 Å². The third-order valence-electron chi connectivity index (χ3n) is 6.48. The molecule has 0 aromatic heterocycles. The molecule has 0 spiro atoms. The van der Waals surface area contributed by atoms with Gasteiger partial charge in [-0.2, -0.15) is 0 Å². The Bertz CT molecular complexity index is 785. The SMILES string of the molecule is CO[C@H]1CN(Cc2ccccc2)CCC1N1C[C@H](C)OCC1Cc1ccc(Cl)cc1. The molecule has 0 radical (unpaired) electrons. The molecule has 0 N–H and O–H groups in total. The van der Waals surface area contributed by atoms with Gasteiger partial charge in [0, 0.05) is 50.4 Å². The Labute approximate surface area is 185 Å². The largest absolute Gasteiger partial charge is 0.378 e. The van der Waals surface area contributed by atoms with Crippen LogP contribution >= 0.6 is 11.6 Å². The average Bonchev–Trinajstić information content (AvgIpc) is 2.77. The highest BCUT2D eigenvalue weighted by molar-refractivity contribution is 6.30. The number of ether oxygens (including phenoxy) is 2. The summed E-state index contributed by atoms with van der Waals surface area (Å²) in [7, 11) is 1.86. The number of benzene rings is 2. The van der Waals surface area contributed by atoms with Gasteiger partial charge in [-0.05, 0) is 43.0 Å². The average molecular weight is 429 g/mol. The van der Waals surface area contributed by atoms with Crippen LogP contribution in [-0.2, 0) is 22.4 Å². The van der Waals surface area contributed by atoms with Crippen molar-refractivity contribution in [3.05, 3.63) is 70.7 Å². The van der Waals surface area contributed by atoms with Gasteiger partial charge in [-0.15, -0.1) is 0 Å². The molecule has 0 saturated carbocycles. The fourth-order valence-corrected chi connectivity index (χ4v) is 5.04. The van der Waals surface area contributed by atoms with E-state index in [9.17, 15) is 0 Å².